The summed E-state index contributed by atoms with van der Waals surface area (Å²) < 4.78 is 26.5. The second-order valence-corrected chi connectivity index (χ2v) is 3.84. The Morgan fingerprint density at radius 2 is 0.714 bits per heavy atom. The topological polar surface area (TPSA) is 213 Å². The Labute approximate surface area is 77.7 Å². The molecule has 0 rings (SSSR count). The standard InChI is InChI=1S/2H3O4P.HO3P/c2*1-5(2,3)4;1-4(2)3/h2*(H3,1,2,3,4);(H-,1,2,3)/p+1. The van der Waals surface area contributed by atoms with E-state index in [-0.39, 0.29) is 0 Å². The quantitative estimate of drug-likeness (QED) is 0.222. The first-order chi connectivity index (χ1) is 5.73. The van der Waals surface area contributed by atoms with Crippen LogP contribution in [0.4, 0.5) is 0 Å². The van der Waals surface area contributed by atoms with E-state index < -0.39 is 23.9 Å². The zero-order valence-electron chi connectivity index (χ0n) is 6.14. The van der Waals surface area contributed by atoms with Crippen LogP contribution in [0.1, 0.15) is 0 Å². The summed E-state index contributed by atoms with van der Waals surface area (Å²) in [5, 5.41) is 0. The SMILES string of the molecule is O=P(O)(O)O.O=P(O)(O)O.O=[P+](O)O. The summed E-state index contributed by atoms with van der Waals surface area (Å²) in [5.41, 5.74) is 0. The van der Waals surface area contributed by atoms with Gasteiger partial charge in [0, 0.05) is 4.57 Å². The lowest BCUT2D eigenvalue weighted by Crippen LogP contribution is -1.66. The van der Waals surface area contributed by atoms with Gasteiger partial charge in [-0.3, -0.25) is 0 Å². The second-order valence-electron chi connectivity index (χ2n) is 1.28. The van der Waals surface area contributed by atoms with E-state index in [1.165, 1.54) is 0 Å². The molecule has 0 spiro atoms. The van der Waals surface area contributed by atoms with Crippen LogP contribution in [-0.2, 0) is 13.7 Å². The van der Waals surface area contributed by atoms with Crippen molar-refractivity contribution >= 4 is 23.9 Å². The van der Waals surface area contributed by atoms with Crippen LogP contribution in [0.5, 0.6) is 0 Å². The molecule has 0 saturated heterocycles. The lowest BCUT2D eigenvalue weighted by molar-refractivity contribution is 0.272. The van der Waals surface area contributed by atoms with Crippen LogP contribution in [0.15, 0.2) is 0 Å². The molecule has 0 saturated carbocycles. The third kappa shape index (κ3) is 26800. The zero-order valence-corrected chi connectivity index (χ0v) is 8.83. The molecule has 0 unspecified atom stereocenters. The van der Waals surface area contributed by atoms with Crippen molar-refractivity contribution in [2.24, 2.45) is 0 Å². The number of phosphoric acid groups is 2. The molecule has 11 nitrogen and oxygen atoms in total. The van der Waals surface area contributed by atoms with Gasteiger partial charge < -0.3 is 29.4 Å². The zero-order chi connectivity index (χ0) is 12.6. The van der Waals surface area contributed by atoms with Gasteiger partial charge in [0.25, 0.3) is 0 Å². The molecule has 0 heterocycles. The number of hydrogen-bond acceptors (Lipinski definition) is 3. The molecule has 0 atom stereocenters. The lowest BCUT2D eigenvalue weighted by Gasteiger charge is -1.82. The number of rotatable bonds is 0. The van der Waals surface area contributed by atoms with Gasteiger partial charge in [-0.15, -0.1) is 9.79 Å². The summed E-state index contributed by atoms with van der Waals surface area (Å²) in [6.07, 6.45) is 0. The van der Waals surface area contributed by atoms with E-state index in [4.69, 9.17) is 52.8 Å². The van der Waals surface area contributed by atoms with E-state index in [2.05, 4.69) is 0 Å². The monoisotopic (exact) mass is 277 g/mol. The van der Waals surface area contributed by atoms with Crippen molar-refractivity contribution in [3.8, 4) is 0 Å². The largest absolute Gasteiger partial charge is 0.692 e. The van der Waals surface area contributed by atoms with Crippen LogP contribution >= 0.6 is 23.9 Å². The minimum absolute atomic E-state index is 2.87. The van der Waals surface area contributed by atoms with E-state index in [0.29, 0.717) is 0 Å². The Morgan fingerprint density at radius 3 is 0.714 bits per heavy atom. The fourth-order valence-corrected chi connectivity index (χ4v) is 0. The molecule has 0 radical (unpaired) electrons. The Hall–Kier alpha value is 0.240. The third-order valence-corrected chi connectivity index (χ3v) is 0. The van der Waals surface area contributed by atoms with Gasteiger partial charge in [-0.25, -0.2) is 9.13 Å². The van der Waals surface area contributed by atoms with E-state index in [1.807, 2.05) is 0 Å². The van der Waals surface area contributed by atoms with Crippen molar-refractivity contribution in [3.63, 3.8) is 0 Å². The molecular formula is H8O11P3+. The molecule has 8 N–H and O–H groups in total. The van der Waals surface area contributed by atoms with Crippen molar-refractivity contribution in [1.29, 1.82) is 0 Å². The maximum absolute atomic E-state index is 8.88. The summed E-state index contributed by atoms with van der Waals surface area (Å²) in [6, 6.07) is 0. The van der Waals surface area contributed by atoms with Crippen LogP contribution in [-0.4, -0.2) is 39.1 Å². The molecule has 0 amide bonds. The predicted molar refractivity (Wildman–Crippen MR) is 40.6 cm³/mol. The highest BCUT2D eigenvalue weighted by Crippen LogP contribution is 2.26. The summed E-state index contributed by atoms with van der Waals surface area (Å²) in [6.45, 7) is 0. The van der Waals surface area contributed by atoms with Gasteiger partial charge >= 0.3 is 23.9 Å². The first-order valence-corrected chi connectivity index (χ1v) is 6.44. The molecule has 0 aliphatic rings. The van der Waals surface area contributed by atoms with E-state index in [0.717, 1.165) is 0 Å². The molecule has 0 aromatic rings. The highest BCUT2D eigenvalue weighted by atomic mass is 31.2. The maximum atomic E-state index is 8.88. The van der Waals surface area contributed by atoms with Gasteiger partial charge in [-0.1, -0.05) is 0 Å². The highest BCUT2D eigenvalue weighted by Gasteiger charge is 2.00. The molecule has 0 fully saturated rings. The van der Waals surface area contributed by atoms with Crippen LogP contribution in [0, 0.1) is 0 Å². The van der Waals surface area contributed by atoms with Crippen LogP contribution < -0.4 is 0 Å². The summed E-state index contributed by atoms with van der Waals surface area (Å²) in [4.78, 5) is 57.4. The minimum Gasteiger partial charge on any atom is -0.303 e. The molecule has 0 aliphatic carbocycles. The average Bonchev–Trinajstić information content (AvgIpc) is 1.45. The van der Waals surface area contributed by atoms with E-state index >= 15 is 0 Å². The molecule has 14 heteroatoms. The normalized spacial score (nSPS) is 10.3. The van der Waals surface area contributed by atoms with Gasteiger partial charge in [-0.2, -0.15) is 0 Å². The van der Waals surface area contributed by atoms with Gasteiger partial charge in [0.1, 0.15) is 0 Å². The van der Waals surface area contributed by atoms with Crippen LogP contribution in [0.2, 0.25) is 0 Å². The minimum atomic E-state index is -4.64. The fourth-order valence-electron chi connectivity index (χ4n) is 0. The van der Waals surface area contributed by atoms with Crippen molar-refractivity contribution in [2.75, 3.05) is 0 Å². The first-order valence-electron chi connectivity index (χ1n) is 2.15. The second kappa shape index (κ2) is 8.54. The van der Waals surface area contributed by atoms with E-state index in [1.54, 1.807) is 0 Å². The Balaban J connectivity index is -0.000000131. The smallest absolute Gasteiger partial charge is 0.303 e. The third-order valence-electron chi connectivity index (χ3n) is 0. The summed E-state index contributed by atoms with van der Waals surface area (Å²) in [7, 11) is -12.1. The predicted octanol–water partition coefficient (Wildman–Crippen LogP) is -2.23. The summed E-state index contributed by atoms with van der Waals surface area (Å²) >= 11 is 0. The first kappa shape index (κ1) is 19.8. The van der Waals surface area contributed by atoms with Gasteiger partial charge in [0.05, 0.1) is 0 Å². The maximum Gasteiger partial charge on any atom is 0.692 e. The van der Waals surface area contributed by atoms with Gasteiger partial charge in [0.15, 0.2) is 0 Å². The van der Waals surface area contributed by atoms with Crippen molar-refractivity contribution < 1.29 is 52.8 Å². The molecular weight excluding hydrogens is 269 g/mol. The van der Waals surface area contributed by atoms with Crippen molar-refractivity contribution in [3.05, 3.63) is 0 Å². The highest BCUT2D eigenvalue weighted by molar-refractivity contribution is 7.45. The molecule has 0 bridgehead atoms. The average molecular weight is 277 g/mol. The van der Waals surface area contributed by atoms with Crippen LogP contribution in [0.25, 0.3) is 0 Å². The fraction of sp³-hybridized carbons (Fsp3) is 0. The van der Waals surface area contributed by atoms with Crippen molar-refractivity contribution in [2.45, 2.75) is 0 Å². The van der Waals surface area contributed by atoms with Crippen LogP contribution in [0.3, 0.4) is 0 Å². The Morgan fingerprint density at radius 1 is 0.714 bits per heavy atom. The molecule has 0 aromatic carbocycles. The van der Waals surface area contributed by atoms with Crippen molar-refractivity contribution in [1.82, 2.24) is 0 Å². The molecule has 88 valence electrons. The summed E-state index contributed by atoms with van der Waals surface area (Å²) in [5.74, 6) is 0. The Bertz CT molecular complexity index is 186. The van der Waals surface area contributed by atoms with Gasteiger partial charge in [0.2, 0.25) is 0 Å². The molecule has 14 heavy (non-hydrogen) atoms. The molecule has 0 aliphatic heterocycles. The van der Waals surface area contributed by atoms with Gasteiger partial charge in [-0.05, 0) is 0 Å². The molecule has 0 aromatic heterocycles. The lowest BCUT2D eigenvalue weighted by atomic mass is 15.8. The Kier molecular flexibility index (Phi) is 12.1. The van der Waals surface area contributed by atoms with E-state index in [9.17, 15) is 0 Å². The number of hydrogen-bond donors (Lipinski definition) is 8.